The summed E-state index contributed by atoms with van der Waals surface area (Å²) >= 11 is 0. The van der Waals surface area contributed by atoms with E-state index in [0.717, 1.165) is 11.4 Å². The molecule has 21 heavy (non-hydrogen) atoms. The molecule has 0 bridgehead atoms. The number of nitrogens with zero attached hydrogens (tertiary/aromatic N) is 5. The molecule has 3 aromatic heterocycles. The lowest BCUT2D eigenvalue weighted by atomic mass is 10.2. The van der Waals surface area contributed by atoms with Crippen LogP contribution in [0.15, 0.2) is 41.4 Å². The molecule has 6 nitrogen and oxygen atoms in total. The molecular weight excluding hydrogens is 266 g/mol. The van der Waals surface area contributed by atoms with Crippen LogP contribution in [0.4, 0.5) is 0 Å². The fourth-order valence-electron chi connectivity index (χ4n) is 2.24. The van der Waals surface area contributed by atoms with Crippen molar-refractivity contribution >= 4 is 0 Å². The van der Waals surface area contributed by atoms with Crippen molar-refractivity contribution in [3.05, 3.63) is 48.6 Å². The van der Waals surface area contributed by atoms with Crippen LogP contribution in [0.3, 0.4) is 0 Å². The van der Waals surface area contributed by atoms with E-state index in [9.17, 15) is 0 Å². The smallest absolute Gasteiger partial charge is 0.249 e. The number of aromatic nitrogens is 5. The molecule has 0 aliphatic rings. The molecule has 0 radical (unpaired) electrons. The standard InChI is InChI=1S/C15H17N5O/c1-10(2)14-17-8-9-20(14)11(3)15-18-13(19-21-15)12-4-6-16-7-5-12/h4-11H,1-3H3/t11-/m0/s1. The molecule has 0 aliphatic heterocycles. The first-order valence-electron chi connectivity index (χ1n) is 6.93. The Balaban J connectivity index is 1.91. The SMILES string of the molecule is CC(C)c1nccn1[C@@H](C)c1nc(-c2ccncc2)no1. The summed E-state index contributed by atoms with van der Waals surface area (Å²) in [6.07, 6.45) is 7.16. The third kappa shape index (κ3) is 2.56. The highest BCUT2D eigenvalue weighted by Gasteiger charge is 2.20. The minimum Gasteiger partial charge on any atom is -0.337 e. The van der Waals surface area contributed by atoms with Crippen molar-refractivity contribution in [1.82, 2.24) is 24.7 Å². The lowest BCUT2D eigenvalue weighted by Gasteiger charge is -2.14. The average molecular weight is 283 g/mol. The van der Waals surface area contributed by atoms with Gasteiger partial charge >= 0.3 is 0 Å². The zero-order chi connectivity index (χ0) is 14.8. The minimum atomic E-state index is -0.0482. The van der Waals surface area contributed by atoms with Gasteiger partial charge in [0.2, 0.25) is 11.7 Å². The Hall–Kier alpha value is -2.50. The molecule has 6 heteroatoms. The van der Waals surface area contributed by atoms with E-state index in [1.165, 1.54) is 0 Å². The van der Waals surface area contributed by atoms with Crippen molar-refractivity contribution in [3.8, 4) is 11.4 Å². The Kier molecular flexibility index (Phi) is 3.51. The lowest BCUT2D eigenvalue weighted by molar-refractivity contribution is 0.342. The maximum Gasteiger partial charge on any atom is 0.249 e. The van der Waals surface area contributed by atoms with Crippen LogP contribution in [0.5, 0.6) is 0 Å². The molecule has 0 fully saturated rings. The number of pyridine rings is 1. The fourth-order valence-corrected chi connectivity index (χ4v) is 2.24. The topological polar surface area (TPSA) is 69.6 Å². The third-order valence-corrected chi connectivity index (χ3v) is 3.37. The normalized spacial score (nSPS) is 12.8. The van der Waals surface area contributed by atoms with E-state index in [4.69, 9.17) is 4.52 Å². The van der Waals surface area contributed by atoms with E-state index in [1.807, 2.05) is 25.3 Å². The van der Waals surface area contributed by atoms with Crippen LogP contribution in [0.25, 0.3) is 11.4 Å². The van der Waals surface area contributed by atoms with Gasteiger partial charge in [-0.2, -0.15) is 4.98 Å². The Morgan fingerprint density at radius 1 is 1.10 bits per heavy atom. The summed E-state index contributed by atoms with van der Waals surface area (Å²) < 4.78 is 7.47. The van der Waals surface area contributed by atoms with Crippen molar-refractivity contribution in [2.24, 2.45) is 0 Å². The van der Waals surface area contributed by atoms with Crippen LogP contribution in [0.2, 0.25) is 0 Å². The Labute approximate surface area is 122 Å². The molecule has 1 atom stereocenters. The Morgan fingerprint density at radius 2 is 1.86 bits per heavy atom. The summed E-state index contributed by atoms with van der Waals surface area (Å²) in [6, 6.07) is 3.67. The van der Waals surface area contributed by atoms with Crippen LogP contribution in [0, 0.1) is 0 Å². The van der Waals surface area contributed by atoms with Gasteiger partial charge in [-0.05, 0) is 19.1 Å². The maximum absolute atomic E-state index is 5.41. The summed E-state index contributed by atoms with van der Waals surface area (Å²) in [5.41, 5.74) is 0.891. The highest BCUT2D eigenvalue weighted by molar-refractivity contribution is 5.52. The average Bonchev–Trinajstić information content (AvgIpc) is 3.17. The van der Waals surface area contributed by atoms with Gasteiger partial charge in [-0.1, -0.05) is 19.0 Å². The van der Waals surface area contributed by atoms with Gasteiger partial charge in [0.1, 0.15) is 11.9 Å². The lowest BCUT2D eigenvalue weighted by Crippen LogP contribution is -2.11. The summed E-state index contributed by atoms with van der Waals surface area (Å²) in [4.78, 5) is 12.9. The van der Waals surface area contributed by atoms with Crippen molar-refractivity contribution in [1.29, 1.82) is 0 Å². The van der Waals surface area contributed by atoms with E-state index in [2.05, 4.69) is 38.5 Å². The molecule has 3 rings (SSSR count). The first-order chi connectivity index (χ1) is 10.2. The number of rotatable bonds is 4. The van der Waals surface area contributed by atoms with Gasteiger partial charge in [-0.3, -0.25) is 4.98 Å². The van der Waals surface area contributed by atoms with E-state index in [1.54, 1.807) is 18.6 Å². The molecule has 3 heterocycles. The van der Waals surface area contributed by atoms with Crippen molar-refractivity contribution in [2.45, 2.75) is 32.7 Å². The minimum absolute atomic E-state index is 0.0482. The van der Waals surface area contributed by atoms with Gasteiger partial charge in [0, 0.05) is 36.3 Å². The molecule has 0 amide bonds. The number of hydrogen-bond donors (Lipinski definition) is 0. The Bertz CT molecular complexity index is 717. The van der Waals surface area contributed by atoms with Crippen molar-refractivity contribution in [3.63, 3.8) is 0 Å². The largest absolute Gasteiger partial charge is 0.337 e. The molecule has 108 valence electrons. The maximum atomic E-state index is 5.41. The van der Waals surface area contributed by atoms with Gasteiger partial charge in [0.25, 0.3) is 0 Å². The summed E-state index contributed by atoms with van der Waals surface area (Å²) in [6.45, 7) is 6.25. The molecule has 0 N–H and O–H groups in total. The predicted molar refractivity (Wildman–Crippen MR) is 77.7 cm³/mol. The second kappa shape index (κ2) is 5.47. The molecule has 0 aromatic carbocycles. The number of hydrogen-bond acceptors (Lipinski definition) is 5. The second-order valence-electron chi connectivity index (χ2n) is 5.22. The zero-order valence-corrected chi connectivity index (χ0v) is 12.3. The van der Waals surface area contributed by atoms with Crippen LogP contribution in [-0.4, -0.2) is 24.7 Å². The molecule has 0 unspecified atom stereocenters. The first kappa shape index (κ1) is 13.5. The van der Waals surface area contributed by atoms with Gasteiger partial charge in [-0.25, -0.2) is 4.98 Å². The summed E-state index contributed by atoms with van der Waals surface area (Å²) in [5.74, 6) is 2.49. The fraction of sp³-hybridized carbons (Fsp3) is 0.333. The molecular formula is C15H17N5O. The molecule has 0 aliphatic carbocycles. The second-order valence-corrected chi connectivity index (χ2v) is 5.22. The highest BCUT2D eigenvalue weighted by atomic mass is 16.5. The Morgan fingerprint density at radius 3 is 2.57 bits per heavy atom. The van der Waals surface area contributed by atoms with Crippen LogP contribution in [-0.2, 0) is 0 Å². The monoisotopic (exact) mass is 283 g/mol. The van der Waals surface area contributed by atoms with Gasteiger partial charge in [0.15, 0.2) is 0 Å². The van der Waals surface area contributed by atoms with Crippen molar-refractivity contribution < 1.29 is 4.52 Å². The first-order valence-corrected chi connectivity index (χ1v) is 6.93. The molecule has 0 saturated heterocycles. The summed E-state index contributed by atoms with van der Waals surface area (Å²) in [5, 5.41) is 4.04. The predicted octanol–water partition coefficient (Wildman–Crippen LogP) is 3.06. The van der Waals surface area contributed by atoms with E-state index in [0.29, 0.717) is 17.6 Å². The van der Waals surface area contributed by atoms with Crippen LogP contribution < -0.4 is 0 Å². The third-order valence-electron chi connectivity index (χ3n) is 3.37. The van der Waals surface area contributed by atoms with Crippen LogP contribution >= 0.6 is 0 Å². The molecule has 3 aromatic rings. The quantitative estimate of drug-likeness (QED) is 0.736. The van der Waals surface area contributed by atoms with E-state index >= 15 is 0 Å². The van der Waals surface area contributed by atoms with E-state index < -0.39 is 0 Å². The van der Waals surface area contributed by atoms with Gasteiger partial charge < -0.3 is 9.09 Å². The molecule has 0 saturated carbocycles. The van der Waals surface area contributed by atoms with Crippen LogP contribution in [0.1, 0.15) is 44.4 Å². The van der Waals surface area contributed by atoms with Crippen molar-refractivity contribution in [2.75, 3.05) is 0 Å². The molecule has 0 spiro atoms. The van der Waals surface area contributed by atoms with Gasteiger partial charge in [0.05, 0.1) is 0 Å². The highest BCUT2D eigenvalue weighted by Crippen LogP contribution is 2.24. The number of imidazole rings is 1. The van der Waals surface area contributed by atoms with Gasteiger partial charge in [-0.15, -0.1) is 0 Å². The van der Waals surface area contributed by atoms with E-state index in [-0.39, 0.29) is 6.04 Å². The zero-order valence-electron chi connectivity index (χ0n) is 12.3. The summed E-state index contributed by atoms with van der Waals surface area (Å²) in [7, 11) is 0.